The van der Waals surface area contributed by atoms with E-state index in [2.05, 4.69) is 0 Å². The topological polar surface area (TPSA) is 83.9 Å². The summed E-state index contributed by atoms with van der Waals surface area (Å²) in [5, 5.41) is 8.97. The molecule has 1 aromatic carbocycles. The minimum Gasteiger partial charge on any atom is -0.494 e. The second kappa shape index (κ2) is 8.41. The number of rotatable bonds is 7. The summed E-state index contributed by atoms with van der Waals surface area (Å²) in [6.07, 6.45) is -5.14. The highest BCUT2D eigenvalue weighted by atomic mass is 19.4. The van der Waals surface area contributed by atoms with Gasteiger partial charge in [-0.05, 0) is 31.2 Å². The number of hydrogen-bond acceptors (Lipinski definition) is 4. The zero-order chi connectivity index (χ0) is 20.2. The van der Waals surface area contributed by atoms with Gasteiger partial charge in [-0.1, -0.05) is 0 Å². The summed E-state index contributed by atoms with van der Waals surface area (Å²) in [4.78, 5) is 36.2. The highest BCUT2D eigenvalue weighted by Gasteiger charge is 2.53. The quantitative estimate of drug-likeness (QED) is 0.728. The number of amides is 1. The van der Waals surface area contributed by atoms with Crippen LogP contribution in [0.1, 0.15) is 30.1 Å². The van der Waals surface area contributed by atoms with Crippen LogP contribution in [-0.2, 0) is 9.59 Å². The predicted molar refractivity (Wildman–Crippen MR) is 88.4 cm³/mol. The van der Waals surface area contributed by atoms with Gasteiger partial charge in [-0.15, -0.1) is 0 Å². The number of carboxylic acid groups (broad SMARTS) is 1. The zero-order valence-corrected chi connectivity index (χ0v) is 14.7. The third-order valence-corrected chi connectivity index (χ3v) is 4.46. The Kier molecular flexibility index (Phi) is 6.45. The molecule has 0 bridgehead atoms. The van der Waals surface area contributed by atoms with E-state index in [-0.39, 0.29) is 18.6 Å². The highest BCUT2D eigenvalue weighted by molar-refractivity contribution is 5.98. The number of nitrogens with zero attached hydrogens (tertiary/aromatic N) is 1. The minimum atomic E-state index is -4.70. The lowest BCUT2D eigenvalue weighted by Crippen LogP contribution is -2.34. The van der Waals surface area contributed by atoms with Crippen molar-refractivity contribution in [2.45, 2.75) is 25.9 Å². The smallest absolute Gasteiger partial charge is 0.394 e. The molecule has 0 unspecified atom stereocenters. The average Bonchev–Trinajstić information content (AvgIpc) is 3.06. The third kappa shape index (κ3) is 5.21. The van der Waals surface area contributed by atoms with Crippen molar-refractivity contribution in [1.29, 1.82) is 0 Å². The van der Waals surface area contributed by atoms with E-state index in [1.54, 1.807) is 24.3 Å². The molecule has 0 aromatic heterocycles. The number of likely N-dealkylation sites (tertiary alicyclic amines) is 1. The molecule has 148 valence electrons. The summed E-state index contributed by atoms with van der Waals surface area (Å²) >= 11 is 0. The molecule has 0 aliphatic carbocycles. The Balaban J connectivity index is 1.93. The van der Waals surface area contributed by atoms with Gasteiger partial charge in [-0.3, -0.25) is 14.4 Å². The third-order valence-electron chi connectivity index (χ3n) is 4.46. The van der Waals surface area contributed by atoms with Crippen molar-refractivity contribution in [3.05, 3.63) is 29.8 Å². The van der Waals surface area contributed by atoms with Crippen molar-refractivity contribution < 1.29 is 37.4 Å². The van der Waals surface area contributed by atoms with E-state index < -0.39 is 43.0 Å². The molecule has 1 aliphatic heterocycles. The van der Waals surface area contributed by atoms with E-state index in [4.69, 9.17) is 9.84 Å². The van der Waals surface area contributed by atoms with Gasteiger partial charge in [-0.2, -0.15) is 13.2 Å². The zero-order valence-electron chi connectivity index (χ0n) is 14.7. The summed E-state index contributed by atoms with van der Waals surface area (Å²) in [5.74, 6) is -5.75. The monoisotopic (exact) mass is 387 g/mol. The van der Waals surface area contributed by atoms with Crippen LogP contribution < -0.4 is 4.74 Å². The van der Waals surface area contributed by atoms with Crippen LogP contribution in [-0.4, -0.2) is 53.5 Å². The molecule has 0 spiro atoms. The van der Waals surface area contributed by atoms with Gasteiger partial charge in [0.15, 0.2) is 5.78 Å². The number of carbonyl (C=O) groups is 3. The van der Waals surface area contributed by atoms with Crippen molar-refractivity contribution in [3.8, 4) is 5.75 Å². The predicted octanol–water partition coefficient (Wildman–Crippen LogP) is 2.77. The van der Waals surface area contributed by atoms with Crippen LogP contribution in [0.25, 0.3) is 0 Å². The van der Waals surface area contributed by atoms with Crippen LogP contribution in [0.4, 0.5) is 13.2 Å². The van der Waals surface area contributed by atoms with E-state index in [0.29, 0.717) is 17.9 Å². The second-order valence-electron chi connectivity index (χ2n) is 6.27. The number of halogens is 3. The molecule has 2 atom stereocenters. The first-order chi connectivity index (χ1) is 12.6. The molecule has 1 fully saturated rings. The van der Waals surface area contributed by atoms with Gasteiger partial charge in [-0.25, -0.2) is 0 Å². The maximum Gasteiger partial charge on any atom is 0.394 e. The lowest BCUT2D eigenvalue weighted by Gasteiger charge is -2.18. The van der Waals surface area contributed by atoms with Gasteiger partial charge in [0.25, 0.3) is 0 Å². The SMILES string of the molecule is CCOc1ccc(C(=O)CCC(=O)N2C[C@@H](C(F)(F)F)[C@H](C(=O)O)C2)cc1. The van der Waals surface area contributed by atoms with Crippen LogP contribution in [0.2, 0.25) is 0 Å². The summed E-state index contributed by atoms with van der Waals surface area (Å²) in [6.45, 7) is 1.10. The molecule has 0 radical (unpaired) electrons. The van der Waals surface area contributed by atoms with Crippen LogP contribution in [0.15, 0.2) is 24.3 Å². The van der Waals surface area contributed by atoms with E-state index >= 15 is 0 Å². The number of ether oxygens (including phenoxy) is 1. The number of Topliss-reactive ketones (excluding diaryl/α,β-unsaturated/α-hetero) is 1. The molecule has 1 heterocycles. The van der Waals surface area contributed by atoms with Crippen molar-refractivity contribution in [1.82, 2.24) is 4.90 Å². The van der Waals surface area contributed by atoms with E-state index in [9.17, 15) is 27.6 Å². The first-order valence-corrected chi connectivity index (χ1v) is 8.46. The molecule has 2 rings (SSSR count). The number of carboxylic acids is 1. The molecule has 1 aromatic rings. The summed E-state index contributed by atoms with van der Waals surface area (Å²) in [6, 6.07) is 6.33. The molecule has 27 heavy (non-hydrogen) atoms. The Morgan fingerprint density at radius 2 is 1.78 bits per heavy atom. The van der Waals surface area contributed by atoms with Gasteiger partial charge in [0, 0.05) is 31.5 Å². The van der Waals surface area contributed by atoms with Crippen LogP contribution in [0.3, 0.4) is 0 Å². The second-order valence-corrected chi connectivity index (χ2v) is 6.27. The molecule has 1 N–H and O–H groups in total. The Hall–Kier alpha value is -2.58. The fourth-order valence-electron chi connectivity index (χ4n) is 3.02. The number of carbonyl (C=O) groups excluding carboxylic acids is 2. The largest absolute Gasteiger partial charge is 0.494 e. The Bertz CT molecular complexity index is 702. The minimum absolute atomic E-state index is 0.169. The molecule has 6 nitrogen and oxygen atoms in total. The normalized spacial score (nSPS) is 19.8. The summed E-state index contributed by atoms with van der Waals surface area (Å²) in [7, 11) is 0. The number of alkyl halides is 3. The van der Waals surface area contributed by atoms with Crippen molar-refractivity contribution in [2.75, 3.05) is 19.7 Å². The Morgan fingerprint density at radius 3 is 2.26 bits per heavy atom. The van der Waals surface area contributed by atoms with Gasteiger partial charge >= 0.3 is 12.1 Å². The Labute approximate surface area is 153 Å². The van der Waals surface area contributed by atoms with Crippen molar-refractivity contribution >= 4 is 17.7 Å². The number of hydrogen-bond donors (Lipinski definition) is 1. The van der Waals surface area contributed by atoms with Gasteiger partial charge in [0.2, 0.25) is 5.91 Å². The maximum atomic E-state index is 13.0. The summed E-state index contributed by atoms with van der Waals surface area (Å²) in [5.41, 5.74) is 0.365. The highest BCUT2D eigenvalue weighted by Crippen LogP contribution is 2.38. The first kappa shape index (κ1) is 20.7. The molecular formula is C18H20F3NO5. The fraction of sp³-hybridized carbons (Fsp3) is 0.500. The maximum absolute atomic E-state index is 13.0. The number of aliphatic carboxylic acids is 1. The molecule has 1 saturated heterocycles. The van der Waals surface area contributed by atoms with E-state index in [0.717, 1.165) is 4.90 Å². The van der Waals surface area contributed by atoms with Crippen molar-refractivity contribution in [3.63, 3.8) is 0 Å². The van der Waals surface area contributed by atoms with E-state index in [1.165, 1.54) is 0 Å². The van der Waals surface area contributed by atoms with Crippen LogP contribution in [0.5, 0.6) is 5.75 Å². The van der Waals surface area contributed by atoms with Gasteiger partial charge in [0.05, 0.1) is 18.4 Å². The van der Waals surface area contributed by atoms with E-state index in [1.807, 2.05) is 6.92 Å². The summed E-state index contributed by atoms with van der Waals surface area (Å²) < 4.78 is 44.2. The molecule has 1 amide bonds. The fourth-order valence-corrected chi connectivity index (χ4v) is 3.02. The molecular weight excluding hydrogens is 367 g/mol. The van der Waals surface area contributed by atoms with Crippen molar-refractivity contribution in [2.24, 2.45) is 11.8 Å². The van der Waals surface area contributed by atoms with Gasteiger partial charge in [0.1, 0.15) is 5.75 Å². The van der Waals surface area contributed by atoms with Crippen LogP contribution >= 0.6 is 0 Å². The standard InChI is InChI=1S/C18H20F3NO5/c1-2-27-12-5-3-11(4-6-12)15(23)7-8-16(24)22-9-13(17(25)26)14(10-22)18(19,20)21/h3-6,13-14H,2,7-10H2,1H3,(H,25,26)/t13-,14-/m1/s1. The lowest BCUT2D eigenvalue weighted by molar-refractivity contribution is -0.188. The van der Waals surface area contributed by atoms with Gasteiger partial charge < -0.3 is 14.7 Å². The molecule has 1 aliphatic rings. The molecule has 0 saturated carbocycles. The van der Waals surface area contributed by atoms with Crippen LogP contribution in [0, 0.1) is 11.8 Å². The molecule has 9 heteroatoms. The average molecular weight is 387 g/mol. The number of benzene rings is 1. The Morgan fingerprint density at radius 1 is 1.15 bits per heavy atom. The first-order valence-electron chi connectivity index (χ1n) is 8.46. The lowest BCUT2D eigenvalue weighted by atomic mass is 9.96. The number of ketones is 1.